The number of nitrogens with zero attached hydrogens (tertiary/aromatic N) is 4. The van der Waals surface area contributed by atoms with Gasteiger partial charge >= 0.3 is 18.5 Å². The molecule has 4 nitrogen and oxygen atoms in total. The molecule has 0 atom stereocenters. The van der Waals surface area contributed by atoms with Gasteiger partial charge in [-0.15, -0.1) is 0 Å². The summed E-state index contributed by atoms with van der Waals surface area (Å²) in [5, 5.41) is 2.43. The van der Waals surface area contributed by atoms with Crippen LogP contribution in [0.1, 0.15) is 27.8 Å². The number of fused-ring (bicyclic) bond motifs is 6. The zero-order chi connectivity index (χ0) is 48.0. The SMILES string of the molecule is [C-]#[N+]c1cccc(C(F)(F)F)c1-c1ccc(-n2c3ccccc3c3cc(-c4cc(C)cc(C(F)(F)F)c4)ccc32)c([N+]#[C-])c1-n1c2ccccc2c2cc(-c3cc(C)cc(C(F)(F)F)c3)ccc21. The van der Waals surface area contributed by atoms with Crippen LogP contribution in [0.4, 0.5) is 50.9 Å². The summed E-state index contributed by atoms with van der Waals surface area (Å²) < 4.78 is 133. The van der Waals surface area contributed by atoms with E-state index in [4.69, 9.17) is 13.1 Å². The Kier molecular flexibility index (Phi) is 10.0. The summed E-state index contributed by atoms with van der Waals surface area (Å²) in [6.45, 7) is 20.1. The summed E-state index contributed by atoms with van der Waals surface area (Å²) in [6.07, 6.45) is -14.1. The molecule has 10 rings (SSSR count). The third kappa shape index (κ3) is 7.19. The predicted molar refractivity (Wildman–Crippen MR) is 248 cm³/mol. The molecule has 68 heavy (non-hydrogen) atoms. The van der Waals surface area contributed by atoms with Crippen LogP contribution in [0.3, 0.4) is 0 Å². The maximum atomic E-state index is 15.2. The van der Waals surface area contributed by atoms with Crippen LogP contribution in [-0.2, 0) is 18.5 Å². The molecular weight excluding hydrogens is 888 g/mol. The van der Waals surface area contributed by atoms with Crippen molar-refractivity contribution in [1.29, 1.82) is 0 Å². The van der Waals surface area contributed by atoms with Gasteiger partial charge in [0.2, 0.25) is 5.69 Å². The van der Waals surface area contributed by atoms with Crippen molar-refractivity contribution in [3.8, 4) is 44.8 Å². The number of para-hydroxylation sites is 2. The van der Waals surface area contributed by atoms with Gasteiger partial charge in [0.15, 0.2) is 5.69 Å². The second kappa shape index (κ2) is 15.7. The third-order valence-corrected chi connectivity index (χ3v) is 12.3. The first-order chi connectivity index (χ1) is 32.3. The minimum atomic E-state index is -4.94. The van der Waals surface area contributed by atoms with E-state index in [0.29, 0.717) is 77.0 Å². The largest absolute Gasteiger partial charge is 0.416 e. The summed E-state index contributed by atoms with van der Waals surface area (Å²) in [5.74, 6) is 0. The molecule has 0 N–H and O–H groups in total. The lowest BCUT2D eigenvalue weighted by Gasteiger charge is -2.23. The van der Waals surface area contributed by atoms with Crippen molar-refractivity contribution in [2.45, 2.75) is 32.4 Å². The van der Waals surface area contributed by atoms with Gasteiger partial charge in [0.05, 0.1) is 63.3 Å². The smallest absolute Gasteiger partial charge is 0.319 e. The number of halogens is 9. The Labute approximate surface area is 382 Å². The van der Waals surface area contributed by atoms with Crippen molar-refractivity contribution >= 4 is 55.0 Å². The highest BCUT2D eigenvalue weighted by atomic mass is 19.4. The van der Waals surface area contributed by atoms with Crippen molar-refractivity contribution < 1.29 is 39.5 Å². The number of alkyl halides is 9. The highest BCUT2D eigenvalue weighted by Crippen LogP contribution is 2.51. The third-order valence-electron chi connectivity index (χ3n) is 12.3. The Hall–Kier alpha value is -8.29. The molecule has 0 spiro atoms. The Morgan fingerprint density at radius 1 is 0.426 bits per heavy atom. The maximum Gasteiger partial charge on any atom is 0.416 e. The summed E-state index contributed by atoms with van der Waals surface area (Å²) in [5.41, 5.74) is 0.936. The molecule has 0 unspecified atom stereocenters. The fourth-order valence-corrected chi connectivity index (χ4v) is 9.47. The number of hydrogen-bond donors (Lipinski definition) is 0. The molecule has 0 saturated heterocycles. The molecule has 2 heterocycles. The quantitative estimate of drug-likeness (QED) is 0.121. The molecule has 8 aromatic carbocycles. The molecule has 0 radical (unpaired) electrons. The minimum Gasteiger partial charge on any atom is -0.319 e. The van der Waals surface area contributed by atoms with E-state index < -0.39 is 40.8 Å². The molecular formula is C55H31F9N4. The Morgan fingerprint density at radius 2 is 0.926 bits per heavy atom. The average Bonchev–Trinajstić information content (AvgIpc) is 3.81. The summed E-state index contributed by atoms with van der Waals surface area (Å²) in [7, 11) is 0. The van der Waals surface area contributed by atoms with Crippen LogP contribution < -0.4 is 0 Å². The average molecular weight is 919 g/mol. The van der Waals surface area contributed by atoms with Crippen molar-refractivity contribution in [3.63, 3.8) is 0 Å². The summed E-state index contributed by atoms with van der Waals surface area (Å²) >= 11 is 0. The number of hydrogen-bond acceptors (Lipinski definition) is 0. The van der Waals surface area contributed by atoms with Crippen LogP contribution in [0.2, 0.25) is 0 Å². The molecule has 0 saturated carbocycles. The monoisotopic (exact) mass is 918 g/mol. The fraction of sp³-hybridized carbons (Fsp3) is 0.0909. The van der Waals surface area contributed by atoms with Gasteiger partial charge in [0.1, 0.15) is 0 Å². The van der Waals surface area contributed by atoms with Gasteiger partial charge in [0.25, 0.3) is 0 Å². The number of benzene rings is 8. The predicted octanol–water partition coefficient (Wildman–Crippen LogP) is 17.7. The zero-order valence-electron chi connectivity index (χ0n) is 35.6. The Balaban J connectivity index is 1.31. The molecule has 0 fully saturated rings. The zero-order valence-corrected chi connectivity index (χ0v) is 35.6. The van der Waals surface area contributed by atoms with E-state index in [1.165, 1.54) is 18.2 Å². The van der Waals surface area contributed by atoms with Crippen LogP contribution in [0.15, 0.2) is 152 Å². The summed E-state index contributed by atoms with van der Waals surface area (Å²) in [4.78, 5) is 7.62. The Bertz CT molecular complexity index is 3820. The second-order valence-corrected chi connectivity index (χ2v) is 16.6. The first-order valence-corrected chi connectivity index (χ1v) is 20.9. The van der Waals surface area contributed by atoms with Gasteiger partial charge in [-0.05, 0) is 120 Å². The van der Waals surface area contributed by atoms with Gasteiger partial charge in [0, 0.05) is 27.1 Å². The van der Waals surface area contributed by atoms with Crippen LogP contribution in [0.5, 0.6) is 0 Å². The fourth-order valence-electron chi connectivity index (χ4n) is 9.47. The lowest BCUT2D eigenvalue weighted by molar-refractivity contribution is -0.138. The van der Waals surface area contributed by atoms with E-state index in [2.05, 4.69) is 9.69 Å². The number of rotatable bonds is 5. The van der Waals surface area contributed by atoms with Crippen molar-refractivity contribution in [2.75, 3.05) is 0 Å². The van der Waals surface area contributed by atoms with Gasteiger partial charge in [-0.2, -0.15) is 39.5 Å². The summed E-state index contributed by atoms with van der Waals surface area (Å²) in [6, 6.07) is 38.2. The van der Waals surface area contributed by atoms with E-state index in [9.17, 15) is 26.3 Å². The van der Waals surface area contributed by atoms with E-state index in [0.717, 1.165) is 36.4 Å². The molecule has 13 heteroatoms. The van der Waals surface area contributed by atoms with Gasteiger partial charge in [-0.1, -0.05) is 84.9 Å². The van der Waals surface area contributed by atoms with E-state index in [-0.39, 0.29) is 28.3 Å². The van der Waals surface area contributed by atoms with Crippen molar-refractivity contribution in [3.05, 3.63) is 202 Å². The molecule has 0 aliphatic rings. The highest BCUT2D eigenvalue weighted by Gasteiger charge is 2.37. The molecule has 0 aliphatic heterocycles. The van der Waals surface area contributed by atoms with Crippen molar-refractivity contribution in [2.24, 2.45) is 0 Å². The molecule has 2 aromatic heterocycles. The van der Waals surface area contributed by atoms with E-state index in [1.54, 1.807) is 114 Å². The molecule has 0 aliphatic carbocycles. The standard InChI is InChI=1S/C55H31F9N4/c1-30-22-34(26-36(24-30)53(56,57)58)32-16-19-47-41(28-32)38-10-5-7-14-45(38)67(47)49-21-18-40(50-43(55(62,63)64)12-9-13-44(50)65-3)52(51(49)66-4)68-46-15-8-6-11-39(46)42-29-33(17-20-48(42)68)35-23-31(2)25-37(27-35)54(59,60)61/h5-29H,1-2H3. The van der Waals surface area contributed by atoms with E-state index >= 15 is 13.2 Å². The molecule has 10 aromatic rings. The minimum absolute atomic E-state index is 0.00922. The van der Waals surface area contributed by atoms with Crippen LogP contribution in [0, 0.1) is 27.0 Å². The topological polar surface area (TPSA) is 18.6 Å². The molecule has 0 bridgehead atoms. The van der Waals surface area contributed by atoms with Gasteiger partial charge in [-0.25, -0.2) is 9.69 Å². The van der Waals surface area contributed by atoms with Crippen molar-refractivity contribution in [1.82, 2.24) is 9.13 Å². The van der Waals surface area contributed by atoms with Gasteiger partial charge in [-0.3, -0.25) is 0 Å². The second-order valence-electron chi connectivity index (χ2n) is 16.6. The van der Waals surface area contributed by atoms with E-state index in [1.807, 2.05) is 6.07 Å². The molecule has 334 valence electrons. The lowest BCUT2D eigenvalue weighted by atomic mass is 9.94. The maximum absolute atomic E-state index is 15.2. The van der Waals surface area contributed by atoms with Gasteiger partial charge < -0.3 is 9.13 Å². The first-order valence-electron chi connectivity index (χ1n) is 20.9. The van der Waals surface area contributed by atoms with Crippen LogP contribution in [-0.4, -0.2) is 9.13 Å². The normalized spacial score (nSPS) is 12.3. The first kappa shape index (κ1) is 43.6. The van der Waals surface area contributed by atoms with Crippen LogP contribution >= 0.6 is 0 Å². The van der Waals surface area contributed by atoms with Crippen LogP contribution in [0.25, 0.3) is 98.1 Å². The number of aromatic nitrogens is 2. The molecule has 0 amide bonds. The Morgan fingerprint density at radius 3 is 1.43 bits per heavy atom. The highest BCUT2D eigenvalue weighted by molar-refractivity contribution is 6.14. The number of aryl methyl sites for hydroxylation is 2. The lowest BCUT2D eigenvalue weighted by Crippen LogP contribution is -2.09.